The fourth-order valence-corrected chi connectivity index (χ4v) is 2.33. The number of ether oxygens (including phenoxy) is 1. The van der Waals surface area contributed by atoms with Crippen molar-refractivity contribution in [3.63, 3.8) is 0 Å². The highest BCUT2D eigenvalue weighted by Crippen LogP contribution is 2.48. The van der Waals surface area contributed by atoms with Gasteiger partial charge in [-0.2, -0.15) is 0 Å². The monoisotopic (exact) mass is 234 g/mol. The molecule has 0 saturated heterocycles. The molecular weight excluding hydrogens is 212 g/mol. The van der Waals surface area contributed by atoms with Gasteiger partial charge in [0.05, 0.1) is 12.7 Å². The van der Waals surface area contributed by atoms with E-state index in [2.05, 4.69) is 33.8 Å². The fraction of sp³-hybridized carbons (Fsp3) is 0.600. The largest absolute Gasteiger partial charge is 0.496 e. The standard InChI is InChI=1S/C15H22O2/c1-10-8-12(14(2,3)4)13(17-5)9-11(10)15(16)6-7-15/h8-9,16H,6-7H2,1-5H3. The van der Waals surface area contributed by atoms with Crippen molar-refractivity contribution >= 4 is 0 Å². The summed E-state index contributed by atoms with van der Waals surface area (Å²) in [6.07, 6.45) is 1.73. The number of hydrogen-bond acceptors (Lipinski definition) is 2. The highest BCUT2D eigenvalue weighted by molar-refractivity contribution is 5.48. The summed E-state index contributed by atoms with van der Waals surface area (Å²) < 4.78 is 5.48. The van der Waals surface area contributed by atoms with E-state index >= 15 is 0 Å². The molecule has 0 unspecified atom stereocenters. The number of benzene rings is 1. The van der Waals surface area contributed by atoms with Crippen molar-refractivity contribution in [1.82, 2.24) is 0 Å². The average Bonchev–Trinajstić information content (AvgIpc) is 2.95. The summed E-state index contributed by atoms with van der Waals surface area (Å²) in [7, 11) is 1.70. The molecule has 0 aliphatic heterocycles. The van der Waals surface area contributed by atoms with Gasteiger partial charge in [-0.1, -0.05) is 26.8 Å². The van der Waals surface area contributed by atoms with Gasteiger partial charge in [0.2, 0.25) is 0 Å². The molecule has 1 N–H and O–H groups in total. The number of hydrogen-bond donors (Lipinski definition) is 1. The Kier molecular flexibility index (Phi) is 2.74. The molecule has 1 aliphatic carbocycles. The van der Waals surface area contributed by atoms with Crippen molar-refractivity contribution in [2.45, 2.75) is 51.6 Å². The number of rotatable bonds is 2. The molecule has 0 amide bonds. The van der Waals surface area contributed by atoms with E-state index in [1.165, 1.54) is 5.56 Å². The fourth-order valence-electron chi connectivity index (χ4n) is 2.33. The molecule has 2 nitrogen and oxygen atoms in total. The van der Waals surface area contributed by atoms with Crippen LogP contribution in [0.1, 0.15) is 50.3 Å². The van der Waals surface area contributed by atoms with Crippen LogP contribution in [0.25, 0.3) is 0 Å². The topological polar surface area (TPSA) is 29.5 Å². The summed E-state index contributed by atoms with van der Waals surface area (Å²) in [6.45, 7) is 8.60. The highest BCUT2D eigenvalue weighted by Gasteiger charge is 2.43. The Labute approximate surface area is 104 Å². The minimum absolute atomic E-state index is 0.0564. The van der Waals surface area contributed by atoms with Gasteiger partial charge in [0.25, 0.3) is 0 Å². The van der Waals surface area contributed by atoms with Gasteiger partial charge >= 0.3 is 0 Å². The van der Waals surface area contributed by atoms with Crippen LogP contribution in [0.2, 0.25) is 0 Å². The maximum Gasteiger partial charge on any atom is 0.122 e. The second-order valence-corrected chi connectivity index (χ2v) is 6.15. The lowest BCUT2D eigenvalue weighted by Gasteiger charge is -2.25. The van der Waals surface area contributed by atoms with Crippen molar-refractivity contribution in [3.8, 4) is 5.75 Å². The molecule has 1 saturated carbocycles. The van der Waals surface area contributed by atoms with Crippen LogP contribution in [0.15, 0.2) is 12.1 Å². The Bertz CT molecular complexity index is 437. The van der Waals surface area contributed by atoms with Crippen molar-refractivity contribution < 1.29 is 9.84 Å². The van der Waals surface area contributed by atoms with E-state index in [0.29, 0.717) is 0 Å². The van der Waals surface area contributed by atoms with Crippen LogP contribution in [-0.4, -0.2) is 12.2 Å². The lowest BCUT2D eigenvalue weighted by atomic mass is 9.83. The molecule has 0 aromatic heterocycles. The second-order valence-electron chi connectivity index (χ2n) is 6.15. The lowest BCUT2D eigenvalue weighted by Crippen LogP contribution is -2.15. The molecule has 17 heavy (non-hydrogen) atoms. The van der Waals surface area contributed by atoms with Crippen LogP contribution in [0.4, 0.5) is 0 Å². The van der Waals surface area contributed by atoms with E-state index in [1.807, 2.05) is 6.07 Å². The van der Waals surface area contributed by atoms with Crippen molar-refractivity contribution in [1.29, 1.82) is 0 Å². The number of aryl methyl sites for hydroxylation is 1. The molecule has 94 valence electrons. The maximum absolute atomic E-state index is 10.2. The van der Waals surface area contributed by atoms with E-state index in [1.54, 1.807) is 7.11 Å². The maximum atomic E-state index is 10.2. The zero-order valence-corrected chi connectivity index (χ0v) is 11.4. The molecule has 2 heteroatoms. The highest BCUT2D eigenvalue weighted by atomic mass is 16.5. The van der Waals surface area contributed by atoms with Crippen LogP contribution in [0.3, 0.4) is 0 Å². The summed E-state index contributed by atoms with van der Waals surface area (Å²) in [6, 6.07) is 4.17. The van der Waals surface area contributed by atoms with E-state index < -0.39 is 5.60 Å². The molecule has 1 aromatic carbocycles. The molecular formula is C15H22O2. The van der Waals surface area contributed by atoms with Crippen LogP contribution in [0, 0.1) is 6.92 Å². The molecule has 0 atom stereocenters. The summed E-state index contributed by atoms with van der Waals surface area (Å²) in [5.74, 6) is 0.887. The van der Waals surface area contributed by atoms with E-state index in [0.717, 1.165) is 29.7 Å². The lowest BCUT2D eigenvalue weighted by molar-refractivity contribution is 0.150. The van der Waals surface area contributed by atoms with Gasteiger partial charge < -0.3 is 9.84 Å². The molecule has 1 fully saturated rings. The van der Waals surface area contributed by atoms with E-state index in [9.17, 15) is 5.11 Å². The van der Waals surface area contributed by atoms with Crippen LogP contribution in [-0.2, 0) is 11.0 Å². The normalized spacial score (nSPS) is 18.0. The van der Waals surface area contributed by atoms with Gasteiger partial charge in [-0.05, 0) is 47.9 Å². The SMILES string of the molecule is COc1cc(C2(O)CC2)c(C)cc1C(C)(C)C. The molecule has 0 spiro atoms. The van der Waals surface area contributed by atoms with Crippen molar-refractivity contribution in [2.75, 3.05) is 7.11 Å². The third kappa shape index (κ3) is 2.19. The molecule has 0 bridgehead atoms. The molecule has 0 heterocycles. The first-order chi connectivity index (χ1) is 7.78. The minimum atomic E-state index is -0.590. The zero-order valence-electron chi connectivity index (χ0n) is 11.4. The third-order valence-electron chi connectivity index (χ3n) is 3.58. The summed E-state index contributed by atoms with van der Waals surface area (Å²) in [5.41, 5.74) is 2.86. The van der Waals surface area contributed by atoms with Gasteiger partial charge in [0.1, 0.15) is 5.75 Å². The minimum Gasteiger partial charge on any atom is -0.496 e. The smallest absolute Gasteiger partial charge is 0.122 e. The van der Waals surface area contributed by atoms with Gasteiger partial charge in [0.15, 0.2) is 0 Å². The predicted molar refractivity (Wildman–Crippen MR) is 69.6 cm³/mol. The first kappa shape index (κ1) is 12.4. The van der Waals surface area contributed by atoms with Crippen molar-refractivity contribution in [2.24, 2.45) is 0 Å². The Morgan fingerprint density at radius 2 is 1.82 bits per heavy atom. The van der Waals surface area contributed by atoms with Crippen LogP contribution in [0.5, 0.6) is 5.75 Å². The summed E-state index contributed by atoms with van der Waals surface area (Å²) >= 11 is 0. The van der Waals surface area contributed by atoms with E-state index in [4.69, 9.17) is 4.74 Å². The molecule has 0 radical (unpaired) electrons. The number of aliphatic hydroxyl groups is 1. The average molecular weight is 234 g/mol. The van der Waals surface area contributed by atoms with Crippen LogP contribution >= 0.6 is 0 Å². The van der Waals surface area contributed by atoms with E-state index in [-0.39, 0.29) is 5.41 Å². The van der Waals surface area contributed by atoms with Crippen molar-refractivity contribution in [3.05, 3.63) is 28.8 Å². The quantitative estimate of drug-likeness (QED) is 0.851. The Hall–Kier alpha value is -1.02. The van der Waals surface area contributed by atoms with Crippen LogP contribution < -0.4 is 4.74 Å². The molecule has 2 rings (SSSR count). The molecule has 1 aromatic rings. The van der Waals surface area contributed by atoms with Gasteiger partial charge in [-0.3, -0.25) is 0 Å². The van der Waals surface area contributed by atoms with Gasteiger partial charge in [-0.25, -0.2) is 0 Å². The third-order valence-corrected chi connectivity index (χ3v) is 3.58. The Balaban J connectivity index is 2.55. The summed E-state index contributed by atoms with van der Waals surface area (Å²) in [4.78, 5) is 0. The van der Waals surface area contributed by atoms with Gasteiger partial charge in [-0.15, -0.1) is 0 Å². The van der Waals surface area contributed by atoms with Gasteiger partial charge in [0, 0.05) is 0 Å². The Morgan fingerprint density at radius 1 is 1.24 bits per heavy atom. The first-order valence-corrected chi connectivity index (χ1v) is 6.20. The number of methoxy groups -OCH3 is 1. The molecule has 1 aliphatic rings. The second kappa shape index (κ2) is 3.74. The zero-order chi connectivity index (χ0) is 12.8. The Morgan fingerprint density at radius 3 is 2.24 bits per heavy atom. The first-order valence-electron chi connectivity index (χ1n) is 6.20. The summed E-state index contributed by atoms with van der Waals surface area (Å²) in [5, 5.41) is 10.2. The predicted octanol–water partition coefficient (Wildman–Crippen LogP) is 3.28.